The molecule has 0 aliphatic carbocycles. The Hall–Kier alpha value is -1.55. The zero-order chi connectivity index (χ0) is 12.8. The van der Waals surface area contributed by atoms with E-state index in [9.17, 15) is 9.90 Å². The minimum absolute atomic E-state index is 0.0444. The van der Waals surface area contributed by atoms with Gasteiger partial charge in [-0.3, -0.25) is 4.79 Å². The lowest BCUT2D eigenvalue weighted by Gasteiger charge is -2.11. The highest BCUT2D eigenvalue weighted by molar-refractivity contribution is 5.77. The van der Waals surface area contributed by atoms with Crippen LogP contribution in [0.2, 0.25) is 0 Å². The number of benzene rings is 1. The first-order valence-corrected chi connectivity index (χ1v) is 5.59. The molecule has 1 N–H and O–H groups in total. The van der Waals surface area contributed by atoms with E-state index in [-0.39, 0.29) is 18.6 Å². The summed E-state index contributed by atoms with van der Waals surface area (Å²) >= 11 is 0. The fourth-order valence-electron chi connectivity index (χ4n) is 1.34. The monoisotopic (exact) mass is 237 g/mol. The molecular formula is C13H19NO3. The zero-order valence-electron chi connectivity index (χ0n) is 10.5. The molecule has 4 nitrogen and oxygen atoms in total. The lowest BCUT2D eigenvalue weighted by molar-refractivity contribution is -0.130. The lowest BCUT2D eigenvalue weighted by Crippen LogP contribution is -2.27. The van der Waals surface area contributed by atoms with Gasteiger partial charge in [-0.05, 0) is 31.0 Å². The Morgan fingerprint density at radius 3 is 2.41 bits per heavy atom. The molecule has 0 saturated carbocycles. The molecule has 0 radical (unpaired) electrons. The fourth-order valence-corrected chi connectivity index (χ4v) is 1.34. The van der Waals surface area contributed by atoms with Gasteiger partial charge < -0.3 is 14.7 Å². The van der Waals surface area contributed by atoms with Crippen LogP contribution < -0.4 is 4.74 Å². The van der Waals surface area contributed by atoms with Crippen LogP contribution in [0.1, 0.15) is 12.5 Å². The van der Waals surface area contributed by atoms with Crippen molar-refractivity contribution in [3.05, 3.63) is 29.8 Å². The third-order valence-corrected chi connectivity index (χ3v) is 2.32. The van der Waals surface area contributed by atoms with Crippen molar-refractivity contribution in [2.24, 2.45) is 0 Å². The van der Waals surface area contributed by atoms with Gasteiger partial charge in [0.1, 0.15) is 5.75 Å². The third kappa shape index (κ3) is 4.87. The first-order chi connectivity index (χ1) is 7.99. The molecule has 1 amide bonds. The van der Waals surface area contributed by atoms with Crippen molar-refractivity contribution in [1.29, 1.82) is 0 Å². The molecule has 0 bridgehead atoms. The highest BCUT2D eigenvalue weighted by Crippen LogP contribution is 2.13. The molecular weight excluding hydrogens is 218 g/mol. The number of carbonyl (C=O) groups excluding carboxylic acids is 1. The molecule has 0 spiro atoms. The van der Waals surface area contributed by atoms with Gasteiger partial charge in [-0.2, -0.15) is 0 Å². The molecule has 0 aromatic heterocycles. The minimum atomic E-state index is -0.350. The van der Waals surface area contributed by atoms with E-state index in [0.29, 0.717) is 12.2 Å². The van der Waals surface area contributed by atoms with Crippen molar-refractivity contribution in [2.45, 2.75) is 19.4 Å². The van der Waals surface area contributed by atoms with E-state index in [1.54, 1.807) is 33.2 Å². The molecule has 0 heterocycles. The van der Waals surface area contributed by atoms with Crippen LogP contribution >= 0.6 is 0 Å². The van der Waals surface area contributed by atoms with Gasteiger partial charge in [0.25, 0.3) is 5.91 Å². The molecule has 0 fully saturated rings. The van der Waals surface area contributed by atoms with Crippen LogP contribution in [0.15, 0.2) is 24.3 Å². The third-order valence-electron chi connectivity index (χ3n) is 2.32. The number of nitrogens with zero attached hydrogens (tertiary/aromatic N) is 1. The van der Waals surface area contributed by atoms with Crippen molar-refractivity contribution in [3.8, 4) is 5.75 Å². The molecule has 0 aliphatic rings. The van der Waals surface area contributed by atoms with E-state index < -0.39 is 0 Å². The first kappa shape index (κ1) is 13.5. The van der Waals surface area contributed by atoms with Crippen LogP contribution in [0.4, 0.5) is 0 Å². The molecule has 0 saturated heterocycles. The number of carbonyl (C=O) groups is 1. The van der Waals surface area contributed by atoms with Gasteiger partial charge >= 0.3 is 0 Å². The normalized spacial score (nSPS) is 12.0. The Bertz CT molecular complexity index is 357. The summed E-state index contributed by atoms with van der Waals surface area (Å²) in [6.07, 6.45) is 0.272. The standard InChI is InChI=1S/C13H19NO3/c1-10(15)8-11-4-6-12(7-5-11)17-9-13(16)14(2)3/h4-7,10,15H,8-9H2,1-3H3. The van der Waals surface area contributed by atoms with E-state index >= 15 is 0 Å². The summed E-state index contributed by atoms with van der Waals surface area (Å²) in [4.78, 5) is 12.8. The molecule has 1 unspecified atom stereocenters. The van der Waals surface area contributed by atoms with Gasteiger partial charge in [-0.1, -0.05) is 12.1 Å². The predicted octanol–water partition coefficient (Wildman–Crippen LogP) is 1.08. The van der Waals surface area contributed by atoms with E-state index in [1.807, 2.05) is 12.1 Å². The van der Waals surface area contributed by atoms with Gasteiger partial charge in [0.15, 0.2) is 6.61 Å². The van der Waals surface area contributed by atoms with Gasteiger partial charge in [0, 0.05) is 14.1 Å². The number of ether oxygens (including phenoxy) is 1. The topological polar surface area (TPSA) is 49.8 Å². The summed E-state index contributed by atoms with van der Waals surface area (Å²) in [5.41, 5.74) is 1.05. The fraction of sp³-hybridized carbons (Fsp3) is 0.462. The molecule has 4 heteroatoms. The van der Waals surface area contributed by atoms with Crippen LogP contribution in [-0.4, -0.2) is 42.7 Å². The van der Waals surface area contributed by atoms with Crippen LogP contribution in [-0.2, 0) is 11.2 Å². The van der Waals surface area contributed by atoms with Crippen LogP contribution in [0.3, 0.4) is 0 Å². The van der Waals surface area contributed by atoms with Crippen LogP contribution in [0.25, 0.3) is 0 Å². The van der Waals surface area contributed by atoms with Crippen molar-refractivity contribution in [2.75, 3.05) is 20.7 Å². The van der Waals surface area contributed by atoms with Crippen molar-refractivity contribution in [3.63, 3.8) is 0 Å². The largest absolute Gasteiger partial charge is 0.484 e. The average Bonchev–Trinajstić information content (AvgIpc) is 2.26. The smallest absolute Gasteiger partial charge is 0.259 e. The Morgan fingerprint density at radius 2 is 1.94 bits per heavy atom. The summed E-state index contributed by atoms with van der Waals surface area (Å²) in [6, 6.07) is 7.39. The number of hydrogen-bond donors (Lipinski definition) is 1. The summed E-state index contributed by atoms with van der Waals surface area (Å²) in [6.45, 7) is 1.79. The highest BCUT2D eigenvalue weighted by Gasteiger charge is 2.05. The number of rotatable bonds is 5. The molecule has 17 heavy (non-hydrogen) atoms. The first-order valence-electron chi connectivity index (χ1n) is 5.59. The maximum absolute atomic E-state index is 11.3. The van der Waals surface area contributed by atoms with Gasteiger partial charge in [0.05, 0.1) is 6.10 Å². The zero-order valence-corrected chi connectivity index (χ0v) is 10.5. The lowest BCUT2D eigenvalue weighted by atomic mass is 10.1. The molecule has 0 aliphatic heterocycles. The van der Waals surface area contributed by atoms with Gasteiger partial charge in [0.2, 0.25) is 0 Å². The number of amides is 1. The van der Waals surface area contributed by atoms with Crippen molar-refractivity contribution < 1.29 is 14.6 Å². The van der Waals surface area contributed by atoms with E-state index in [4.69, 9.17) is 4.74 Å². The maximum Gasteiger partial charge on any atom is 0.259 e. The van der Waals surface area contributed by atoms with E-state index in [0.717, 1.165) is 5.56 Å². The van der Waals surface area contributed by atoms with Crippen LogP contribution in [0, 0.1) is 0 Å². The van der Waals surface area contributed by atoms with Crippen LogP contribution in [0.5, 0.6) is 5.75 Å². The molecule has 1 rings (SSSR count). The molecule has 1 atom stereocenters. The molecule has 94 valence electrons. The summed E-state index contributed by atoms with van der Waals surface area (Å²) < 4.78 is 5.34. The Morgan fingerprint density at radius 1 is 1.35 bits per heavy atom. The quantitative estimate of drug-likeness (QED) is 0.833. The second kappa shape index (κ2) is 6.25. The second-order valence-corrected chi connectivity index (χ2v) is 4.27. The molecule has 1 aromatic carbocycles. The Labute approximate surface area is 102 Å². The van der Waals surface area contributed by atoms with Gasteiger partial charge in [-0.15, -0.1) is 0 Å². The SMILES string of the molecule is CC(O)Cc1ccc(OCC(=O)N(C)C)cc1. The summed E-state index contributed by atoms with van der Waals surface area (Å²) in [5.74, 6) is 0.590. The number of aliphatic hydroxyl groups excluding tert-OH is 1. The number of hydrogen-bond acceptors (Lipinski definition) is 3. The Kier molecular flexibility index (Phi) is 4.97. The van der Waals surface area contributed by atoms with Crippen molar-refractivity contribution >= 4 is 5.91 Å². The summed E-state index contributed by atoms with van der Waals surface area (Å²) in [5, 5.41) is 9.23. The average molecular weight is 237 g/mol. The second-order valence-electron chi connectivity index (χ2n) is 4.27. The number of aliphatic hydroxyl groups is 1. The molecule has 1 aromatic rings. The predicted molar refractivity (Wildman–Crippen MR) is 66.0 cm³/mol. The maximum atomic E-state index is 11.3. The van der Waals surface area contributed by atoms with Crippen molar-refractivity contribution in [1.82, 2.24) is 4.90 Å². The minimum Gasteiger partial charge on any atom is -0.484 e. The van der Waals surface area contributed by atoms with E-state index in [1.165, 1.54) is 4.90 Å². The van der Waals surface area contributed by atoms with E-state index in [2.05, 4.69) is 0 Å². The van der Waals surface area contributed by atoms with Gasteiger partial charge in [-0.25, -0.2) is 0 Å². The summed E-state index contributed by atoms with van der Waals surface area (Å²) in [7, 11) is 3.38. The number of likely N-dealkylation sites (N-methyl/N-ethyl adjacent to an activating group) is 1. The Balaban J connectivity index is 2.48. The highest BCUT2D eigenvalue weighted by atomic mass is 16.5.